The molecule has 0 spiro atoms. The highest BCUT2D eigenvalue weighted by Gasteiger charge is 2.24. The number of ether oxygens (including phenoxy) is 1. The third kappa shape index (κ3) is 5.68. The van der Waals surface area contributed by atoms with Gasteiger partial charge in [-0.05, 0) is 29.3 Å². The number of halogens is 1. The van der Waals surface area contributed by atoms with Crippen LogP contribution in [0.2, 0.25) is 5.02 Å². The second-order valence-corrected chi connectivity index (χ2v) is 9.52. The zero-order valence-corrected chi connectivity index (χ0v) is 19.9. The molecule has 0 atom stereocenters. The molecule has 0 heterocycles. The largest absolute Gasteiger partial charge is 0.454 e. The maximum absolute atomic E-state index is 12.7. The summed E-state index contributed by atoms with van der Waals surface area (Å²) < 4.78 is 31.9. The van der Waals surface area contributed by atoms with E-state index >= 15 is 0 Å². The van der Waals surface area contributed by atoms with E-state index in [-0.39, 0.29) is 21.3 Å². The molecule has 0 N–H and O–H groups in total. The molecule has 3 aromatic carbocycles. The Morgan fingerprint density at radius 1 is 0.879 bits per heavy atom. The average Bonchev–Trinajstić information content (AvgIpc) is 2.83. The van der Waals surface area contributed by atoms with Gasteiger partial charge in [0, 0.05) is 18.7 Å². The molecular formula is C25H24ClNO5S. The fourth-order valence-corrected chi connectivity index (χ4v) is 4.98. The number of hydrogen-bond acceptors (Lipinski definition) is 5. The van der Waals surface area contributed by atoms with Gasteiger partial charge >= 0.3 is 5.97 Å². The number of hydrogen-bond donors (Lipinski definition) is 0. The van der Waals surface area contributed by atoms with Gasteiger partial charge < -0.3 is 4.74 Å². The van der Waals surface area contributed by atoms with Gasteiger partial charge in [-0.3, -0.25) is 4.79 Å². The van der Waals surface area contributed by atoms with Crippen molar-refractivity contribution in [2.75, 3.05) is 19.7 Å². The number of nitrogens with zero attached hydrogens (tertiary/aromatic N) is 1. The van der Waals surface area contributed by atoms with Gasteiger partial charge in [-0.15, -0.1) is 0 Å². The van der Waals surface area contributed by atoms with Crippen LogP contribution in [0.25, 0.3) is 11.1 Å². The molecular weight excluding hydrogens is 462 g/mol. The molecule has 0 saturated carbocycles. The third-order valence-corrected chi connectivity index (χ3v) is 7.52. The molecule has 0 amide bonds. The van der Waals surface area contributed by atoms with E-state index in [4.69, 9.17) is 16.3 Å². The summed E-state index contributed by atoms with van der Waals surface area (Å²) in [6.07, 6.45) is 0. The molecule has 0 aliphatic carbocycles. The zero-order chi connectivity index (χ0) is 24.0. The van der Waals surface area contributed by atoms with Crippen molar-refractivity contribution >= 4 is 33.4 Å². The normalized spacial score (nSPS) is 11.4. The van der Waals surface area contributed by atoms with E-state index in [1.165, 1.54) is 22.5 Å². The summed E-state index contributed by atoms with van der Waals surface area (Å²) >= 11 is 6.10. The van der Waals surface area contributed by atoms with Crippen molar-refractivity contribution in [3.63, 3.8) is 0 Å². The smallest absolute Gasteiger partial charge is 0.340 e. The SMILES string of the molecule is CCN(CC)S(=O)(=O)c1ccc(Cl)c(C(=O)OCC(=O)c2ccc(-c3ccccc3)cc2)c1. The topological polar surface area (TPSA) is 80.8 Å². The van der Waals surface area contributed by atoms with Crippen LogP contribution in [0.1, 0.15) is 34.6 Å². The highest BCUT2D eigenvalue weighted by molar-refractivity contribution is 7.89. The van der Waals surface area contributed by atoms with Crippen molar-refractivity contribution in [1.29, 1.82) is 0 Å². The summed E-state index contributed by atoms with van der Waals surface area (Å²) in [4.78, 5) is 25.0. The van der Waals surface area contributed by atoms with Gasteiger partial charge in [-0.1, -0.05) is 80.0 Å². The maximum Gasteiger partial charge on any atom is 0.340 e. The molecule has 6 nitrogen and oxygen atoms in total. The van der Waals surface area contributed by atoms with Gasteiger partial charge in [0.1, 0.15) is 0 Å². The van der Waals surface area contributed by atoms with Crippen LogP contribution in [0.5, 0.6) is 0 Å². The predicted octanol–water partition coefficient (Wildman–Crippen LogP) is 5.08. The van der Waals surface area contributed by atoms with Crippen LogP contribution in [0, 0.1) is 0 Å². The van der Waals surface area contributed by atoms with E-state index in [0.717, 1.165) is 11.1 Å². The molecule has 0 aromatic heterocycles. The fraction of sp³-hybridized carbons (Fsp3) is 0.200. The van der Waals surface area contributed by atoms with Crippen LogP contribution in [-0.4, -0.2) is 44.2 Å². The van der Waals surface area contributed by atoms with Crippen molar-refractivity contribution in [2.24, 2.45) is 0 Å². The van der Waals surface area contributed by atoms with Gasteiger partial charge in [0.25, 0.3) is 0 Å². The molecule has 0 aliphatic heterocycles. The van der Waals surface area contributed by atoms with Gasteiger partial charge in [0.2, 0.25) is 10.0 Å². The molecule has 0 fully saturated rings. The first-order valence-corrected chi connectivity index (χ1v) is 12.2. The number of sulfonamides is 1. The monoisotopic (exact) mass is 485 g/mol. The molecule has 3 aromatic rings. The summed E-state index contributed by atoms with van der Waals surface area (Å²) in [5, 5.41) is 0.0400. The van der Waals surface area contributed by atoms with Crippen LogP contribution in [0.3, 0.4) is 0 Å². The van der Waals surface area contributed by atoms with E-state index < -0.39 is 22.6 Å². The summed E-state index contributed by atoms with van der Waals surface area (Å²) in [6.45, 7) is 3.54. The number of rotatable bonds is 9. The Balaban J connectivity index is 1.71. The minimum atomic E-state index is -3.78. The molecule has 0 aliphatic rings. The lowest BCUT2D eigenvalue weighted by molar-refractivity contribution is 0.0474. The zero-order valence-electron chi connectivity index (χ0n) is 18.3. The van der Waals surface area contributed by atoms with Crippen LogP contribution in [0.15, 0.2) is 77.7 Å². The average molecular weight is 486 g/mol. The Morgan fingerprint density at radius 2 is 1.48 bits per heavy atom. The molecule has 172 valence electrons. The number of esters is 1. The van der Waals surface area contributed by atoms with E-state index in [2.05, 4.69) is 0 Å². The standard InChI is InChI=1S/C25H24ClNO5S/c1-3-27(4-2)33(30,31)21-14-15-23(26)22(16-21)25(29)32-17-24(28)20-12-10-19(11-13-20)18-8-6-5-7-9-18/h5-16H,3-4,17H2,1-2H3. The molecule has 0 saturated heterocycles. The van der Waals surface area contributed by atoms with Crippen molar-refractivity contribution in [1.82, 2.24) is 4.31 Å². The highest BCUT2D eigenvalue weighted by Crippen LogP contribution is 2.24. The number of carbonyl (C=O) groups excluding carboxylic acids is 2. The number of Topliss-reactive ketones (excluding diaryl/α,β-unsaturated/α-hetero) is 1. The maximum atomic E-state index is 12.7. The number of ketones is 1. The van der Waals surface area contributed by atoms with Gasteiger partial charge in [0.05, 0.1) is 15.5 Å². The highest BCUT2D eigenvalue weighted by atomic mass is 35.5. The Kier molecular flexibility index (Phi) is 8.02. The number of carbonyl (C=O) groups is 2. The lowest BCUT2D eigenvalue weighted by Crippen LogP contribution is -2.30. The van der Waals surface area contributed by atoms with Crippen molar-refractivity contribution in [2.45, 2.75) is 18.7 Å². The van der Waals surface area contributed by atoms with Crippen molar-refractivity contribution < 1.29 is 22.7 Å². The summed E-state index contributed by atoms with van der Waals surface area (Å²) in [5.74, 6) is -1.25. The van der Waals surface area contributed by atoms with E-state index in [1.54, 1.807) is 26.0 Å². The predicted molar refractivity (Wildman–Crippen MR) is 128 cm³/mol. The Labute approximate surface area is 198 Å². The Bertz CT molecular complexity index is 1240. The van der Waals surface area contributed by atoms with Crippen LogP contribution < -0.4 is 0 Å². The molecule has 8 heteroatoms. The minimum Gasteiger partial charge on any atom is -0.454 e. The molecule has 0 radical (unpaired) electrons. The first-order chi connectivity index (χ1) is 15.8. The molecule has 0 bridgehead atoms. The van der Waals surface area contributed by atoms with Crippen LogP contribution >= 0.6 is 11.6 Å². The molecule has 33 heavy (non-hydrogen) atoms. The summed E-state index contributed by atoms with van der Waals surface area (Å²) in [5.41, 5.74) is 2.27. The van der Waals surface area contributed by atoms with Crippen molar-refractivity contribution in [3.05, 3.63) is 88.9 Å². The quantitative estimate of drug-likeness (QED) is 0.312. The second kappa shape index (κ2) is 10.7. The lowest BCUT2D eigenvalue weighted by Gasteiger charge is -2.19. The number of benzene rings is 3. The first kappa shape index (κ1) is 24.6. The second-order valence-electron chi connectivity index (χ2n) is 7.17. The van der Waals surface area contributed by atoms with E-state index in [9.17, 15) is 18.0 Å². The van der Waals surface area contributed by atoms with Crippen LogP contribution in [-0.2, 0) is 14.8 Å². The fourth-order valence-electron chi connectivity index (χ4n) is 3.31. The van der Waals surface area contributed by atoms with Crippen molar-refractivity contribution in [3.8, 4) is 11.1 Å². The molecule has 0 unspecified atom stereocenters. The Morgan fingerprint density at radius 3 is 2.09 bits per heavy atom. The Hall–Kier alpha value is -3.00. The van der Waals surface area contributed by atoms with Gasteiger partial charge in [0.15, 0.2) is 12.4 Å². The summed E-state index contributed by atoms with van der Waals surface area (Å²) in [7, 11) is -3.78. The lowest BCUT2D eigenvalue weighted by atomic mass is 10.0. The molecule has 3 rings (SSSR count). The van der Waals surface area contributed by atoms with E-state index in [1.807, 2.05) is 42.5 Å². The first-order valence-electron chi connectivity index (χ1n) is 10.4. The van der Waals surface area contributed by atoms with E-state index in [0.29, 0.717) is 18.7 Å². The van der Waals surface area contributed by atoms with Gasteiger partial charge in [-0.2, -0.15) is 4.31 Å². The summed E-state index contributed by atoms with van der Waals surface area (Å²) in [6, 6.07) is 20.6. The van der Waals surface area contributed by atoms with Crippen LogP contribution in [0.4, 0.5) is 0 Å². The van der Waals surface area contributed by atoms with Gasteiger partial charge in [-0.25, -0.2) is 13.2 Å². The minimum absolute atomic E-state index is 0.0400. The third-order valence-electron chi connectivity index (χ3n) is 5.15.